The molecule has 3 nitrogen and oxygen atoms in total. The van der Waals surface area contributed by atoms with E-state index >= 15 is 0 Å². The van der Waals surface area contributed by atoms with Crippen molar-refractivity contribution in [1.82, 2.24) is 10.6 Å². The molecule has 0 aromatic rings. The van der Waals surface area contributed by atoms with Crippen molar-refractivity contribution in [2.24, 2.45) is 0 Å². The Hall–Kier alpha value is -0.780. The molecule has 1 aliphatic rings. The van der Waals surface area contributed by atoms with Crippen molar-refractivity contribution in [2.75, 3.05) is 13.1 Å². The van der Waals surface area contributed by atoms with Gasteiger partial charge in [0.15, 0.2) is 0 Å². The number of alkyl halides is 3. The second-order valence-corrected chi connectivity index (χ2v) is 3.35. The van der Waals surface area contributed by atoms with Crippen molar-refractivity contribution in [2.45, 2.75) is 31.5 Å². The van der Waals surface area contributed by atoms with Crippen LogP contribution >= 0.6 is 0 Å². The van der Waals surface area contributed by atoms with Crippen molar-refractivity contribution < 1.29 is 18.0 Å². The van der Waals surface area contributed by atoms with Crippen LogP contribution in [0.25, 0.3) is 0 Å². The average molecular weight is 210 g/mol. The standard InChI is InChI=1S/C8H13F3N2O/c9-8(10,11)7(14)13-6-2-1-4-12-5-3-6/h6,12H,1-5H2,(H,13,14). The molecule has 0 radical (unpaired) electrons. The van der Waals surface area contributed by atoms with Crippen molar-refractivity contribution in [1.29, 1.82) is 0 Å². The third-order valence-electron chi connectivity index (χ3n) is 2.17. The van der Waals surface area contributed by atoms with Crippen LogP contribution in [0, 0.1) is 0 Å². The molecule has 0 spiro atoms. The molecule has 82 valence electrons. The predicted molar refractivity (Wildman–Crippen MR) is 44.7 cm³/mol. The summed E-state index contributed by atoms with van der Waals surface area (Å²) >= 11 is 0. The average Bonchev–Trinajstić information content (AvgIpc) is 2.31. The SMILES string of the molecule is O=C(NC1CCCNCC1)C(F)(F)F. The maximum absolute atomic E-state index is 11.9. The maximum Gasteiger partial charge on any atom is 0.471 e. The second-order valence-electron chi connectivity index (χ2n) is 3.35. The monoisotopic (exact) mass is 210 g/mol. The van der Waals surface area contributed by atoms with Crippen molar-refractivity contribution in [3.8, 4) is 0 Å². The zero-order chi connectivity index (χ0) is 10.6. The largest absolute Gasteiger partial charge is 0.471 e. The van der Waals surface area contributed by atoms with Crippen molar-refractivity contribution in [3.63, 3.8) is 0 Å². The quantitative estimate of drug-likeness (QED) is 0.672. The molecule has 14 heavy (non-hydrogen) atoms. The smallest absolute Gasteiger partial charge is 0.345 e. The summed E-state index contributed by atoms with van der Waals surface area (Å²) in [6.45, 7) is 1.46. The Morgan fingerprint density at radius 2 is 2.00 bits per heavy atom. The first-order valence-electron chi connectivity index (χ1n) is 4.58. The maximum atomic E-state index is 11.9. The summed E-state index contributed by atoms with van der Waals surface area (Å²) in [6, 6.07) is -0.348. The first kappa shape index (κ1) is 11.3. The van der Waals surface area contributed by atoms with Crippen LogP contribution in [0.4, 0.5) is 13.2 Å². The van der Waals surface area contributed by atoms with Gasteiger partial charge in [-0.05, 0) is 32.4 Å². The van der Waals surface area contributed by atoms with Gasteiger partial charge >= 0.3 is 12.1 Å². The van der Waals surface area contributed by atoms with Gasteiger partial charge in [0.1, 0.15) is 0 Å². The molecule has 1 amide bonds. The Balaban J connectivity index is 2.38. The highest BCUT2D eigenvalue weighted by molar-refractivity contribution is 5.81. The Morgan fingerprint density at radius 1 is 1.29 bits per heavy atom. The Bertz CT molecular complexity index is 197. The fourth-order valence-corrected chi connectivity index (χ4v) is 1.43. The fraction of sp³-hybridized carbons (Fsp3) is 0.875. The molecule has 2 N–H and O–H groups in total. The van der Waals surface area contributed by atoms with E-state index in [1.54, 1.807) is 0 Å². The lowest BCUT2D eigenvalue weighted by Gasteiger charge is -2.16. The normalized spacial score (nSPS) is 24.1. The summed E-state index contributed by atoms with van der Waals surface area (Å²) in [5.74, 6) is -1.83. The first-order valence-corrected chi connectivity index (χ1v) is 4.58. The lowest BCUT2D eigenvalue weighted by atomic mass is 10.1. The highest BCUT2D eigenvalue weighted by Gasteiger charge is 2.39. The second kappa shape index (κ2) is 4.63. The molecular formula is C8H13F3N2O. The molecule has 0 saturated carbocycles. The third-order valence-corrected chi connectivity index (χ3v) is 2.17. The molecule has 1 unspecified atom stereocenters. The fourth-order valence-electron chi connectivity index (χ4n) is 1.43. The molecule has 1 saturated heterocycles. The minimum absolute atomic E-state index is 0.348. The molecular weight excluding hydrogens is 197 g/mol. The topological polar surface area (TPSA) is 41.1 Å². The zero-order valence-electron chi connectivity index (χ0n) is 7.66. The van der Waals surface area contributed by atoms with Crippen LogP contribution in [-0.4, -0.2) is 31.2 Å². The minimum Gasteiger partial charge on any atom is -0.345 e. The van der Waals surface area contributed by atoms with Crippen molar-refractivity contribution >= 4 is 5.91 Å². The van der Waals surface area contributed by atoms with Gasteiger partial charge in [-0.25, -0.2) is 0 Å². The molecule has 0 bridgehead atoms. The molecule has 1 rings (SSSR count). The van der Waals surface area contributed by atoms with Crippen LogP contribution < -0.4 is 10.6 Å². The van der Waals surface area contributed by atoms with E-state index in [4.69, 9.17) is 0 Å². The number of carbonyl (C=O) groups is 1. The molecule has 0 aromatic heterocycles. The summed E-state index contributed by atoms with van der Waals surface area (Å²) in [4.78, 5) is 10.6. The van der Waals surface area contributed by atoms with Gasteiger partial charge in [0.2, 0.25) is 0 Å². The van der Waals surface area contributed by atoms with E-state index < -0.39 is 12.1 Å². The lowest BCUT2D eigenvalue weighted by molar-refractivity contribution is -0.174. The summed E-state index contributed by atoms with van der Waals surface area (Å²) in [5, 5.41) is 5.05. The molecule has 0 aliphatic carbocycles. The molecule has 1 fully saturated rings. The van der Waals surface area contributed by atoms with E-state index in [9.17, 15) is 18.0 Å². The predicted octanol–water partition coefficient (Wildman–Crippen LogP) is 0.807. The Morgan fingerprint density at radius 3 is 2.64 bits per heavy atom. The molecule has 0 aromatic carbocycles. The van der Waals surface area contributed by atoms with E-state index in [2.05, 4.69) is 5.32 Å². The minimum atomic E-state index is -4.76. The summed E-state index contributed by atoms with van der Waals surface area (Å²) < 4.78 is 35.6. The van der Waals surface area contributed by atoms with E-state index in [1.807, 2.05) is 5.32 Å². The number of halogens is 3. The zero-order valence-corrected chi connectivity index (χ0v) is 7.66. The summed E-state index contributed by atoms with van der Waals surface area (Å²) in [7, 11) is 0. The van der Waals surface area contributed by atoms with E-state index in [0.29, 0.717) is 19.4 Å². The number of rotatable bonds is 1. The van der Waals surface area contributed by atoms with Gasteiger partial charge in [-0.1, -0.05) is 0 Å². The van der Waals surface area contributed by atoms with Gasteiger partial charge in [0, 0.05) is 6.04 Å². The molecule has 1 atom stereocenters. The van der Waals surface area contributed by atoms with E-state index in [-0.39, 0.29) is 6.04 Å². The first-order chi connectivity index (χ1) is 6.50. The van der Waals surface area contributed by atoms with Gasteiger partial charge in [-0.3, -0.25) is 4.79 Å². The number of nitrogens with one attached hydrogen (secondary N) is 2. The summed E-state index contributed by atoms with van der Waals surface area (Å²) in [6.07, 6.45) is -2.81. The van der Waals surface area contributed by atoms with Gasteiger partial charge in [0.05, 0.1) is 0 Å². The van der Waals surface area contributed by atoms with Gasteiger partial charge in [-0.2, -0.15) is 13.2 Å². The third kappa shape index (κ3) is 3.53. The van der Waals surface area contributed by atoms with Crippen LogP contribution in [0.3, 0.4) is 0 Å². The van der Waals surface area contributed by atoms with Crippen LogP contribution in [0.1, 0.15) is 19.3 Å². The number of carbonyl (C=O) groups excluding carboxylic acids is 1. The van der Waals surface area contributed by atoms with Crippen molar-refractivity contribution in [3.05, 3.63) is 0 Å². The molecule has 1 aliphatic heterocycles. The Kier molecular flexibility index (Phi) is 3.74. The summed E-state index contributed by atoms with van der Waals surface area (Å²) in [5.41, 5.74) is 0. The van der Waals surface area contributed by atoms with Gasteiger partial charge < -0.3 is 10.6 Å². The van der Waals surface area contributed by atoms with Gasteiger partial charge in [-0.15, -0.1) is 0 Å². The van der Waals surface area contributed by atoms with Crippen LogP contribution in [0.15, 0.2) is 0 Å². The van der Waals surface area contributed by atoms with Crippen LogP contribution in [0.5, 0.6) is 0 Å². The van der Waals surface area contributed by atoms with Crippen LogP contribution in [0.2, 0.25) is 0 Å². The Labute approximate surface area is 80.0 Å². The molecule has 6 heteroatoms. The van der Waals surface area contributed by atoms with Crippen LogP contribution in [-0.2, 0) is 4.79 Å². The molecule has 1 heterocycles. The van der Waals surface area contributed by atoms with E-state index in [0.717, 1.165) is 13.0 Å². The van der Waals surface area contributed by atoms with Gasteiger partial charge in [0.25, 0.3) is 0 Å². The number of hydrogen-bond donors (Lipinski definition) is 2. The lowest BCUT2D eigenvalue weighted by Crippen LogP contribution is -2.43. The highest BCUT2D eigenvalue weighted by atomic mass is 19.4. The number of amides is 1. The van der Waals surface area contributed by atoms with E-state index in [1.165, 1.54) is 0 Å². The number of hydrogen-bond acceptors (Lipinski definition) is 2. The highest BCUT2D eigenvalue weighted by Crippen LogP contribution is 2.16.